The van der Waals surface area contributed by atoms with Gasteiger partial charge in [0.25, 0.3) is 11.8 Å². The van der Waals surface area contributed by atoms with Crippen LogP contribution in [0.5, 0.6) is 11.5 Å². The Morgan fingerprint density at radius 3 is 2.62 bits per heavy atom. The lowest BCUT2D eigenvalue weighted by Gasteiger charge is -2.11. The molecule has 0 fully saturated rings. The van der Waals surface area contributed by atoms with Gasteiger partial charge in [0.05, 0.1) is 11.8 Å². The molecule has 2 N–H and O–H groups in total. The Balaban J connectivity index is 1.50. The quantitative estimate of drug-likeness (QED) is 0.694. The van der Waals surface area contributed by atoms with Crippen LogP contribution in [0, 0.1) is 6.92 Å². The van der Waals surface area contributed by atoms with E-state index < -0.39 is 0 Å². The summed E-state index contributed by atoms with van der Waals surface area (Å²) >= 11 is 0. The van der Waals surface area contributed by atoms with Gasteiger partial charge in [-0.1, -0.05) is 6.07 Å². The second-order valence-corrected chi connectivity index (χ2v) is 6.59. The van der Waals surface area contributed by atoms with Crippen LogP contribution >= 0.6 is 0 Å². The number of anilines is 2. The van der Waals surface area contributed by atoms with Crippen molar-refractivity contribution in [2.45, 2.75) is 20.4 Å². The Kier molecular flexibility index (Phi) is 4.90. The van der Waals surface area contributed by atoms with Crippen LogP contribution < -0.4 is 20.1 Å². The van der Waals surface area contributed by atoms with E-state index in [1.807, 2.05) is 13.8 Å². The third-order valence-electron chi connectivity index (χ3n) is 4.60. The molecule has 8 heteroatoms. The van der Waals surface area contributed by atoms with Crippen molar-refractivity contribution >= 4 is 23.2 Å². The van der Waals surface area contributed by atoms with Crippen LogP contribution in [-0.4, -0.2) is 28.4 Å². The van der Waals surface area contributed by atoms with E-state index in [0.717, 1.165) is 5.56 Å². The molecule has 1 aromatic heterocycles. The number of rotatable bonds is 5. The zero-order valence-electron chi connectivity index (χ0n) is 16.1. The summed E-state index contributed by atoms with van der Waals surface area (Å²) in [5, 5.41) is 9.79. The fourth-order valence-electron chi connectivity index (χ4n) is 2.92. The number of ether oxygens (including phenoxy) is 2. The third kappa shape index (κ3) is 3.91. The summed E-state index contributed by atoms with van der Waals surface area (Å²) in [5.74, 6) is 0.668. The maximum Gasteiger partial charge on any atom is 0.258 e. The van der Waals surface area contributed by atoms with Gasteiger partial charge >= 0.3 is 0 Å². The smallest absolute Gasteiger partial charge is 0.258 e. The van der Waals surface area contributed by atoms with Crippen molar-refractivity contribution in [3.63, 3.8) is 0 Å². The first-order valence-corrected chi connectivity index (χ1v) is 9.19. The number of amides is 2. The first-order valence-electron chi connectivity index (χ1n) is 9.19. The average Bonchev–Trinajstić information content (AvgIpc) is 3.38. The monoisotopic (exact) mass is 392 g/mol. The number of fused-ring (bicyclic) bond motifs is 1. The summed E-state index contributed by atoms with van der Waals surface area (Å²) in [6.07, 6.45) is 3.20. The van der Waals surface area contributed by atoms with E-state index in [1.54, 1.807) is 47.3 Å². The minimum Gasteiger partial charge on any atom is -0.454 e. The Morgan fingerprint density at radius 1 is 1.03 bits per heavy atom. The molecular weight excluding hydrogens is 372 g/mol. The highest BCUT2D eigenvalue weighted by atomic mass is 16.7. The number of carbonyl (C=O) groups excluding carboxylic acids is 2. The SMILES string of the molecule is CCn1cc(C(=O)Nc2cc(C(=O)Nc3ccc4c(c3)OCO4)ccc2C)cn1. The summed E-state index contributed by atoms with van der Waals surface area (Å²) in [6.45, 7) is 4.67. The van der Waals surface area contributed by atoms with Crippen LogP contribution in [0.4, 0.5) is 11.4 Å². The maximum atomic E-state index is 12.7. The van der Waals surface area contributed by atoms with Crippen molar-refractivity contribution in [2.24, 2.45) is 0 Å². The van der Waals surface area contributed by atoms with E-state index in [1.165, 1.54) is 6.20 Å². The molecule has 0 saturated carbocycles. The molecule has 0 aliphatic carbocycles. The lowest BCUT2D eigenvalue weighted by molar-refractivity contribution is 0.101. The molecule has 0 bridgehead atoms. The van der Waals surface area contributed by atoms with Crippen LogP contribution in [-0.2, 0) is 6.54 Å². The highest BCUT2D eigenvalue weighted by molar-refractivity contribution is 6.07. The molecule has 4 rings (SSSR count). The molecule has 2 amide bonds. The number of carbonyl (C=O) groups is 2. The summed E-state index contributed by atoms with van der Waals surface area (Å²) in [7, 11) is 0. The van der Waals surface area contributed by atoms with E-state index in [9.17, 15) is 9.59 Å². The molecule has 0 atom stereocenters. The van der Waals surface area contributed by atoms with E-state index >= 15 is 0 Å². The molecule has 8 nitrogen and oxygen atoms in total. The normalized spacial score (nSPS) is 11.9. The number of benzene rings is 2. The lowest BCUT2D eigenvalue weighted by Crippen LogP contribution is -2.15. The molecular formula is C21H20N4O4. The van der Waals surface area contributed by atoms with E-state index in [-0.39, 0.29) is 18.6 Å². The predicted molar refractivity (Wildman–Crippen MR) is 108 cm³/mol. The number of aryl methyl sites for hydroxylation is 2. The van der Waals surface area contributed by atoms with Gasteiger partial charge in [0, 0.05) is 35.7 Å². The van der Waals surface area contributed by atoms with Gasteiger partial charge in [-0.05, 0) is 43.7 Å². The molecule has 3 aromatic rings. The molecule has 1 aliphatic rings. The van der Waals surface area contributed by atoms with Gasteiger partial charge < -0.3 is 20.1 Å². The average molecular weight is 392 g/mol. The molecule has 2 heterocycles. The zero-order valence-corrected chi connectivity index (χ0v) is 16.1. The fraction of sp³-hybridized carbons (Fsp3) is 0.190. The van der Waals surface area contributed by atoms with Gasteiger partial charge in [0.2, 0.25) is 6.79 Å². The van der Waals surface area contributed by atoms with Gasteiger partial charge in [-0.25, -0.2) is 0 Å². The fourth-order valence-corrected chi connectivity index (χ4v) is 2.92. The van der Waals surface area contributed by atoms with E-state index in [2.05, 4.69) is 15.7 Å². The summed E-state index contributed by atoms with van der Waals surface area (Å²) in [4.78, 5) is 25.2. The molecule has 148 valence electrons. The first kappa shape index (κ1) is 18.5. The molecule has 2 aromatic carbocycles. The van der Waals surface area contributed by atoms with Crippen molar-refractivity contribution in [1.82, 2.24) is 9.78 Å². The molecule has 0 radical (unpaired) electrons. The third-order valence-corrected chi connectivity index (χ3v) is 4.60. The van der Waals surface area contributed by atoms with Crippen molar-refractivity contribution in [1.29, 1.82) is 0 Å². The Labute approximate surface area is 167 Å². The molecule has 1 aliphatic heterocycles. The minimum atomic E-state index is -0.293. The van der Waals surface area contributed by atoms with E-state index in [0.29, 0.717) is 40.5 Å². The predicted octanol–water partition coefficient (Wildman–Crippen LogP) is 3.44. The van der Waals surface area contributed by atoms with Crippen molar-refractivity contribution in [3.8, 4) is 11.5 Å². The van der Waals surface area contributed by atoms with Gasteiger partial charge in [-0.3, -0.25) is 14.3 Å². The van der Waals surface area contributed by atoms with Crippen LogP contribution in [0.2, 0.25) is 0 Å². The molecule has 0 spiro atoms. The highest BCUT2D eigenvalue weighted by Gasteiger charge is 2.16. The molecule has 0 unspecified atom stereocenters. The Hall–Kier alpha value is -3.81. The van der Waals surface area contributed by atoms with Gasteiger partial charge in [-0.2, -0.15) is 5.10 Å². The Bertz CT molecular complexity index is 1090. The largest absolute Gasteiger partial charge is 0.454 e. The van der Waals surface area contributed by atoms with Crippen molar-refractivity contribution < 1.29 is 19.1 Å². The van der Waals surface area contributed by atoms with Crippen LogP contribution in [0.25, 0.3) is 0 Å². The second kappa shape index (κ2) is 7.67. The zero-order chi connectivity index (χ0) is 20.4. The summed E-state index contributed by atoms with van der Waals surface area (Å²) < 4.78 is 12.3. The van der Waals surface area contributed by atoms with Gasteiger partial charge in [-0.15, -0.1) is 0 Å². The Morgan fingerprint density at radius 2 is 1.83 bits per heavy atom. The lowest BCUT2D eigenvalue weighted by atomic mass is 10.1. The first-order chi connectivity index (χ1) is 14.0. The minimum absolute atomic E-state index is 0.172. The number of nitrogens with zero attached hydrogens (tertiary/aromatic N) is 2. The topological polar surface area (TPSA) is 94.5 Å². The summed E-state index contributed by atoms with van der Waals surface area (Å²) in [5.41, 5.74) is 2.89. The van der Waals surface area contributed by atoms with Crippen LogP contribution in [0.15, 0.2) is 48.8 Å². The maximum absolute atomic E-state index is 12.7. The van der Waals surface area contributed by atoms with Crippen molar-refractivity contribution in [3.05, 3.63) is 65.5 Å². The van der Waals surface area contributed by atoms with Crippen LogP contribution in [0.1, 0.15) is 33.2 Å². The standard InChI is InChI=1S/C21H20N4O4/c1-3-25-11-15(10-22-25)21(27)24-17-8-14(5-4-13(17)2)20(26)23-16-6-7-18-19(9-16)29-12-28-18/h4-11H,3,12H2,1-2H3,(H,23,26)(H,24,27). The van der Waals surface area contributed by atoms with Crippen LogP contribution in [0.3, 0.4) is 0 Å². The number of hydrogen-bond donors (Lipinski definition) is 2. The van der Waals surface area contributed by atoms with E-state index in [4.69, 9.17) is 9.47 Å². The summed E-state index contributed by atoms with van der Waals surface area (Å²) in [6, 6.07) is 10.4. The van der Waals surface area contributed by atoms with Gasteiger partial charge in [0.15, 0.2) is 11.5 Å². The second-order valence-electron chi connectivity index (χ2n) is 6.59. The molecule has 29 heavy (non-hydrogen) atoms. The van der Waals surface area contributed by atoms with Crippen molar-refractivity contribution in [2.75, 3.05) is 17.4 Å². The number of nitrogens with one attached hydrogen (secondary N) is 2. The number of aromatic nitrogens is 2. The number of hydrogen-bond acceptors (Lipinski definition) is 5. The van der Waals surface area contributed by atoms with Gasteiger partial charge in [0.1, 0.15) is 0 Å². The molecule has 0 saturated heterocycles. The highest BCUT2D eigenvalue weighted by Crippen LogP contribution is 2.34.